The molecule has 0 saturated carbocycles. The summed E-state index contributed by atoms with van der Waals surface area (Å²) in [5.41, 5.74) is 7.49. The van der Waals surface area contributed by atoms with Crippen molar-refractivity contribution in [2.75, 3.05) is 0 Å². The molecule has 23 heavy (non-hydrogen) atoms. The topological polar surface area (TPSA) is 0 Å². The van der Waals surface area contributed by atoms with Gasteiger partial charge in [0.2, 0.25) is 0 Å². The fourth-order valence-electron chi connectivity index (χ4n) is 3.58. The molecule has 0 aromatic heterocycles. The zero-order chi connectivity index (χ0) is 16.7. The van der Waals surface area contributed by atoms with Gasteiger partial charge in [-0.05, 0) is 52.8 Å². The van der Waals surface area contributed by atoms with E-state index < -0.39 is 0 Å². The highest BCUT2D eigenvalue weighted by atomic mass is 14.4. The smallest absolute Gasteiger partial charge is 0.0100 e. The Labute approximate surface area is 141 Å². The Kier molecular flexibility index (Phi) is 3.96. The molecule has 0 unspecified atom stereocenters. The summed E-state index contributed by atoms with van der Waals surface area (Å²) in [6.07, 6.45) is 6.98. The van der Waals surface area contributed by atoms with E-state index in [1.807, 2.05) is 0 Å². The lowest BCUT2D eigenvalue weighted by atomic mass is 9.63. The van der Waals surface area contributed by atoms with Crippen LogP contribution >= 0.6 is 0 Å². The Balaban J connectivity index is 1.95. The van der Waals surface area contributed by atoms with E-state index in [-0.39, 0.29) is 5.41 Å². The second-order valence-electron chi connectivity index (χ2n) is 8.32. The van der Waals surface area contributed by atoms with Crippen molar-refractivity contribution in [1.82, 2.24) is 0 Å². The van der Waals surface area contributed by atoms with Gasteiger partial charge in [0.25, 0.3) is 0 Å². The van der Waals surface area contributed by atoms with Crippen LogP contribution in [0.2, 0.25) is 0 Å². The summed E-state index contributed by atoms with van der Waals surface area (Å²) in [5, 5.41) is 0. The van der Waals surface area contributed by atoms with Crippen molar-refractivity contribution in [2.45, 2.75) is 58.3 Å². The first-order valence-electron chi connectivity index (χ1n) is 8.68. The molecule has 3 rings (SSSR count). The van der Waals surface area contributed by atoms with Gasteiger partial charge < -0.3 is 0 Å². The van der Waals surface area contributed by atoms with Crippen LogP contribution < -0.4 is 0 Å². The van der Waals surface area contributed by atoms with E-state index in [1.165, 1.54) is 40.7 Å². The molecule has 0 amide bonds. The van der Waals surface area contributed by atoms with Gasteiger partial charge >= 0.3 is 0 Å². The number of hydrogen-bond acceptors (Lipinski definition) is 0. The average molecular weight is 304 g/mol. The van der Waals surface area contributed by atoms with Gasteiger partial charge in [0, 0.05) is 0 Å². The second kappa shape index (κ2) is 5.67. The van der Waals surface area contributed by atoms with Gasteiger partial charge in [0.15, 0.2) is 0 Å². The van der Waals surface area contributed by atoms with Crippen molar-refractivity contribution in [3.8, 4) is 0 Å². The minimum absolute atomic E-state index is 0.276. The third kappa shape index (κ3) is 3.27. The summed E-state index contributed by atoms with van der Waals surface area (Å²) in [7, 11) is 0. The summed E-state index contributed by atoms with van der Waals surface area (Å²) in [6, 6.07) is 15.7. The normalized spacial score (nSPS) is 18.8. The molecule has 0 bridgehead atoms. The first kappa shape index (κ1) is 16.1. The highest BCUT2D eigenvalue weighted by molar-refractivity contribution is 5.70. The SMILES string of the molecule is Cc1ccc(/C=C/c2ccc3c(c2)C(C)(C)CCC3(C)C)cc1. The van der Waals surface area contributed by atoms with Crippen LogP contribution in [0, 0.1) is 6.92 Å². The fourth-order valence-corrected chi connectivity index (χ4v) is 3.58. The van der Waals surface area contributed by atoms with Crippen LogP contribution in [-0.4, -0.2) is 0 Å². The number of hydrogen-bond donors (Lipinski definition) is 0. The highest BCUT2D eigenvalue weighted by Crippen LogP contribution is 2.45. The van der Waals surface area contributed by atoms with Crippen LogP contribution in [0.5, 0.6) is 0 Å². The maximum Gasteiger partial charge on any atom is -0.0100 e. The molecule has 0 nitrogen and oxygen atoms in total. The lowest BCUT2D eigenvalue weighted by Crippen LogP contribution is -2.33. The summed E-state index contributed by atoms with van der Waals surface area (Å²) >= 11 is 0. The van der Waals surface area contributed by atoms with Gasteiger partial charge in [-0.15, -0.1) is 0 Å². The fraction of sp³-hybridized carbons (Fsp3) is 0.391. The zero-order valence-corrected chi connectivity index (χ0v) is 15.1. The summed E-state index contributed by atoms with van der Waals surface area (Å²) in [6.45, 7) is 11.6. The maximum atomic E-state index is 2.40. The maximum absolute atomic E-state index is 2.40. The Morgan fingerprint density at radius 2 is 1.22 bits per heavy atom. The Morgan fingerprint density at radius 3 is 1.87 bits per heavy atom. The van der Waals surface area contributed by atoms with Crippen molar-refractivity contribution in [3.63, 3.8) is 0 Å². The predicted molar refractivity (Wildman–Crippen MR) is 102 cm³/mol. The van der Waals surface area contributed by atoms with Gasteiger partial charge in [-0.2, -0.15) is 0 Å². The Hall–Kier alpha value is -1.82. The monoisotopic (exact) mass is 304 g/mol. The van der Waals surface area contributed by atoms with Gasteiger partial charge in [-0.25, -0.2) is 0 Å². The number of rotatable bonds is 2. The minimum atomic E-state index is 0.276. The standard InChI is InChI=1S/C23H28/c1-17-6-8-18(9-7-17)10-11-19-12-13-20-21(16-19)23(4,5)15-14-22(20,2)3/h6-13,16H,14-15H2,1-5H3/b11-10+. The molecule has 0 heterocycles. The molecular weight excluding hydrogens is 276 g/mol. The lowest BCUT2D eigenvalue weighted by Gasteiger charge is -2.42. The van der Waals surface area contributed by atoms with E-state index >= 15 is 0 Å². The van der Waals surface area contributed by atoms with E-state index in [0.29, 0.717) is 5.41 Å². The average Bonchev–Trinajstić information content (AvgIpc) is 2.51. The quantitative estimate of drug-likeness (QED) is 0.554. The molecule has 0 aliphatic heterocycles. The van der Waals surface area contributed by atoms with Crippen LogP contribution in [-0.2, 0) is 10.8 Å². The van der Waals surface area contributed by atoms with E-state index in [2.05, 4.69) is 89.2 Å². The first-order valence-corrected chi connectivity index (χ1v) is 8.68. The first-order chi connectivity index (χ1) is 10.8. The third-order valence-corrected chi connectivity index (χ3v) is 5.42. The minimum Gasteiger partial charge on any atom is -0.0587 e. The van der Waals surface area contributed by atoms with Crippen molar-refractivity contribution in [3.05, 3.63) is 70.3 Å². The molecule has 1 aliphatic rings. The summed E-state index contributed by atoms with van der Waals surface area (Å²) < 4.78 is 0. The molecule has 0 heteroatoms. The van der Waals surface area contributed by atoms with Crippen LogP contribution in [0.25, 0.3) is 12.2 Å². The van der Waals surface area contributed by atoms with Crippen molar-refractivity contribution < 1.29 is 0 Å². The van der Waals surface area contributed by atoms with E-state index in [9.17, 15) is 0 Å². The number of aryl methyl sites for hydroxylation is 1. The Morgan fingerprint density at radius 1 is 0.696 bits per heavy atom. The molecule has 0 radical (unpaired) electrons. The Bertz CT molecular complexity index is 727. The number of benzene rings is 2. The zero-order valence-electron chi connectivity index (χ0n) is 15.1. The van der Waals surface area contributed by atoms with Crippen LogP contribution in [0.3, 0.4) is 0 Å². The molecule has 1 aliphatic carbocycles. The van der Waals surface area contributed by atoms with Crippen molar-refractivity contribution in [1.29, 1.82) is 0 Å². The summed E-state index contributed by atoms with van der Waals surface area (Å²) in [4.78, 5) is 0. The number of fused-ring (bicyclic) bond motifs is 1. The van der Waals surface area contributed by atoms with E-state index in [0.717, 1.165) is 0 Å². The summed E-state index contributed by atoms with van der Waals surface area (Å²) in [5.74, 6) is 0. The van der Waals surface area contributed by atoms with Crippen LogP contribution in [0.1, 0.15) is 68.4 Å². The molecule has 0 fully saturated rings. The predicted octanol–water partition coefficient (Wildman–Crippen LogP) is 6.51. The van der Waals surface area contributed by atoms with E-state index in [4.69, 9.17) is 0 Å². The molecule has 2 aromatic rings. The van der Waals surface area contributed by atoms with Crippen LogP contribution in [0.4, 0.5) is 0 Å². The molecule has 2 aromatic carbocycles. The van der Waals surface area contributed by atoms with Gasteiger partial charge in [-0.1, -0.05) is 87.9 Å². The second-order valence-corrected chi connectivity index (χ2v) is 8.32. The van der Waals surface area contributed by atoms with E-state index in [1.54, 1.807) is 0 Å². The molecule has 0 atom stereocenters. The largest absolute Gasteiger partial charge is 0.0587 e. The lowest BCUT2D eigenvalue weighted by molar-refractivity contribution is 0.332. The highest BCUT2D eigenvalue weighted by Gasteiger charge is 2.36. The van der Waals surface area contributed by atoms with Crippen molar-refractivity contribution in [2.24, 2.45) is 0 Å². The molecular formula is C23H28. The molecule has 0 spiro atoms. The molecule has 0 N–H and O–H groups in total. The molecule has 120 valence electrons. The third-order valence-electron chi connectivity index (χ3n) is 5.42. The van der Waals surface area contributed by atoms with Gasteiger partial charge in [0.05, 0.1) is 0 Å². The van der Waals surface area contributed by atoms with Crippen LogP contribution in [0.15, 0.2) is 42.5 Å². The molecule has 0 saturated heterocycles. The van der Waals surface area contributed by atoms with Crippen molar-refractivity contribution >= 4 is 12.2 Å². The van der Waals surface area contributed by atoms with Gasteiger partial charge in [-0.3, -0.25) is 0 Å². The van der Waals surface area contributed by atoms with Gasteiger partial charge in [0.1, 0.15) is 0 Å².